The summed E-state index contributed by atoms with van der Waals surface area (Å²) in [5.74, 6) is 1.47. The predicted molar refractivity (Wildman–Crippen MR) is 108 cm³/mol. The molecule has 2 heterocycles. The Morgan fingerprint density at radius 1 is 0.929 bits per heavy atom. The number of aromatic nitrogens is 3. The first kappa shape index (κ1) is 17.5. The van der Waals surface area contributed by atoms with E-state index in [1.807, 2.05) is 36.4 Å². The minimum Gasteiger partial charge on any atom is -0.497 e. The number of anilines is 2. The number of H-pyrrole nitrogens is 1. The third kappa shape index (κ3) is 3.37. The fourth-order valence-corrected chi connectivity index (χ4v) is 2.94. The molecule has 0 saturated carbocycles. The van der Waals surface area contributed by atoms with Crippen LogP contribution < -0.4 is 20.3 Å². The van der Waals surface area contributed by atoms with Crippen molar-refractivity contribution in [1.82, 2.24) is 15.0 Å². The number of fused-ring (bicyclic) bond motifs is 1. The number of hydrogen-bond donors (Lipinski definition) is 2. The standard InChI is InChI=1S/C21H18N4O3/c1-27-16-11-17-19(18(12-16)28-2)21(26)25-20(24-17)13-3-5-14(6-4-13)23-15-7-9-22-10-8-15/h3-12H,1-2H3,(H,22,23)(H,24,25,26). The quantitative estimate of drug-likeness (QED) is 0.553. The number of hydrogen-bond acceptors (Lipinski definition) is 6. The van der Waals surface area contributed by atoms with Crippen molar-refractivity contribution in [3.05, 3.63) is 71.3 Å². The van der Waals surface area contributed by atoms with Gasteiger partial charge in [0.2, 0.25) is 0 Å². The Kier molecular flexibility index (Phi) is 4.63. The highest BCUT2D eigenvalue weighted by Crippen LogP contribution is 2.29. The van der Waals surface area contributed by atoms with Crippen LogP contribution in [0.5, 0.6) is 11.5 Å². The summed E-state index contributed by atoms with van der Waals surface area (Å²) in [6.45, 7) is 0. The lowest BCUT2D eigenvalue weighted by Crippen LogP contribution is -2.11. The molecule has 4 rings (SSSR count). The van der Waals surface area contributed by atoms with Crippen LogP contribution >= 0.6 is 0 Å². The second kappa shape index (κ2) is 7.40. The molecule has 2 aromatic carbocycles. The number of pyridine rings is 1. The minimum absolute atomic E-state index is 0.265. The number of rotatable bonds is 5. The molecule has 4 aromatic rings. The zero-order chi connectivity index (χ0) is 19.5. The summed E-state index contributed by atoms with van der Waals surface area (Å²) in [4.78, 5) is 24.0. The summed E-state index contributed by atoms with van der Waals surface area (Å²) in [6, 6.07) is 14.8. The average Bonchev–Trinajstić information content (AvgIpc) is 2.74. The molecule has 0 saturated heterocycles. The maximum Gasteiger partial charge on any atom is 0.262 e. The van der Waals surface area contributed by atoms with Gasteiger partial charge in [-0.05, 0) is 36.4 Å². The van der Waals surface area contributed by atoms with Crippen molar-refractivity contribution >= 4 is 22.3 Å². The topological polar surface area (TPSA) is 89.1 Å². The van der Waals surface area contributed by atoms with Gasteiger partial charge in [0.25, 0.3) is 5.56 Å². The summed E-state index contributed by atoms with van der Waals surface area (Å²) in [7, 11) is 3.07. The molecule has 0 spiro atoms. The van der Waals surface area contributed by atoms with Gasteiger partial charge in [-0.15, -0.1) is 0 Å². The third-order valence-electron chi connectivity index (χ3n) is 4.33. The van der Waals surface area contributed by atoms with Crippen LogP contribution in [0, 0.1) is 0 Å². The molecule has 0 fully saturated rings. The molecule has 7 nitrogen and oxygen atoms in total. The number of benzene rings is 2. The molecule has 0 amide bonds. The van der Waals surface area contributed by atoms with Gasteiger partial charge in [-0.1, -0.05) is 0 Å². The van der Waals surface area contributed by atoms with Crippen LogP contribution in [0.1, 0.15) is 0 Å². The third-order valence-corrected chi connectivity index (χ3v) is 4.33. The van der Waals surface area contributed by atoms with Crippen LogP contribution in [0.4, 0.5) is 11.4 Å². The molecule has 2 N–H and O–H groups in total. The Balaban J connectivity index is 1.71. The van der Waals surface area contributed by atoms with Gasteiger partial charge in [0.05, 0.1) is 19.7 Å². The lowest BCUT2D eigenvalue weighted by molar-refractivity contribution is 0.397. The molecule has 0 bridgehead atoms. The van der Waals surface area contributed by atoms with E-state index >= 15 is 0 Å². The largest absolute Gasteiger partial charge is 0.497 e. The number of methoxy groups -OCH3 is 2. The van der Waals surface area contributed by atoms with E-state index in [0.29, 0.717) is 28.2 Å². The van der Waals surface area contributed by atoms with Crippen molar-refractivity contribution in [2.75, 3.05) is 19.5 Å². The average molecular weight is 374 g/mol. The first-order valence-corrected chi connectivity index (χ1v) is 8.61. The Morgan fingerprint density at radius 3 is 2.32 bits per heavy atom. The van der Waals surface area contributed by atoms with Gasteiger partial charge in [-0.3, -0.25) is 9.78 Å². The van der Waals surface area contributed by atoms with E-state index in [0.717, 1.165) is 16.9 Å². The molecule has 2 aromatic heterocycles. The summed E-state index contributed by atoms with van der Waals surface area (Å²) in [5, 5.41) is 3.68. The molecule has 140 valence electrons. The minimum atomic E-state index is -0.265. The van der Waals surface area contributed by atoms with Gasteiger partial charge in [-0.25, -0.2) is 4.98 Å². The van der Waals surface area contributed by atoms with Crippen molar-refractivity contribution in [2.24, 2.45) is 0 Å². The highest BCUT2D eigenvalue weighted by molar-refractivity contribution is 5.87. The van der Waals surface area contributed by atoms with Crippen molar-refractivity contribution in [1.29, 1.82) is 0 Å². The normalized spacial score (nSPS) is 10.6. The van der Waals surface area contributed by atoms with E-state index in [-0.39, 0.29) is 5.56 Å². The SMILES string of the molecule is COc1cc(OC)c2c(=O)[nH]c(-c3ccc(Nc4ccncc4)cc3)nc2c1. The van der Waals surface area contributed by atoms with E-state index in [1.54, 1.807) is 31.6 Å². The molecule has 0 radical (unpaired) electrons. The van der Waals surface area contributed by atoms with Crippen LogP contribution in [-0.4, -0.2) is 29.2 Å². The summed E-state index contributed by atoms with van der Waals surface area (Å²) >= 11 is 0. The predicted octanol–water partition coefficient (Wildman–Crippen LogP) is 3.75. The molecule has 0 aliphatic carbocycles. The Bertz CT molecular complexity index is 1170. The molecular formula is C21H18N4O3. The van der Waals surface area contributed by atoms with Crippen LogP contribution in [0.15, 0.2) is 65.7 Å². The highest BCUT2D eigenvalue weighted by Gasteiger charge is 2.13. The lowest BCUT2D eigenvalue weighted by atomic mass is 10.1. The van der Waals surface area contributed by atoms with Gasteiger partial charge >= 0.3 is 0 Å². The second-order valence-electron chi connectivity index (χ2n) is 6.08. The summed E-state index contributed by atoms with van der Waals surface area (Å²) in [6.07, 6.45) is 3.45. The fraction of sp³-hybridized carbons (Fsp3) is 0.0952. The molecule has 0 aliphatic rings. The zero-order valence-corrected chi connectivity index (χ0v) is 15.4. The van der Waals surface area contributed by atoms with Crippen molar-refractivity contribution in [2.45, 2.75) is 0 Å². The maximum absolute atomic E-state index is 12.6. The number of nitrogens with zero attached hydrogens (tertiary/aromatic N) is 2. The van der Waals surface area contributed by atoms with E-state index in [9.17, 15) is 4.79 Å². The molecule has 7 heteroatoms. The fourth-order valence-electron chi connectivity index (χ4n) is 2.94. The molecule has 0 atom stereocenters. The molecule has 28 heavy (non-hydrogen) atoms. The number of aromatic amines is 1. The summed E-state index contributed by atoms with van der Waals surface area (Å²) in [5.41, 5.74) is 2.90. The van der Waals surface area contributed by atoms with Crippen LogP contribution in [0.2, 0.25) is 0 Å². The first-order chi connectivity index (χ1) is 13.7. The number of nitrogens with one attached hydrogen (secondary N) is 2. The van der Waals surface area contributed by atoms with Crippen molar-refractivity contribution in [3.8, 4) is 22.9 Å². The van der Waals surface area contributed by atoms with Gasteiger partial charge in [0.15, 0.2) is 0 Å². The first-order valence-electron chi connectivity index (χ1n) is 8.61. The van der Waals surface area contributed by atoms with Crippen LogP contribution in [-0.2, 0) is 0 Å². The molecular weight excluding hydrogens is 356 g/mol. The lowest BCUT2D eigenvalue weighted by Gasteiger charge is -2.10. The highest BCUT2D eigenvalue weighted by atomic mass is 16.5. The van der Waals surface area contributed by atoms with Crippen LogP contribution in [0.3, 0.4) is 0 Å². The van der Waals surface area contributed by atoms with Gasteiger partial charge in [-0.2, -0.15) is 0 Å². The monoisotopic (exact) mass is 374 g/mol. The number of ether oxygens (including phenoxy) is 2. The Morgan fingerprint density at radius 2 is 1.64 bits per heavy atom. The zero-order valence-electron chi connectivity index (χ0n) is 15.4. The smallest absolute Gasteiger partial charge is 0.262 e. The van der Waals surface area contributed by atoms with Gasteiger partial charge < -0.3 is 19.8 Å². The Labute approximate surface area is 161 Å². The Hall–Kier alpha value is -3.87. The van der Waals surface area contributed by atoms with Crippen LogP contribution in [0.25, 0.3) is 22.3 Å². The van der Waals surface area contributed by atoms with E-state index in [4.69, 9.17) is 9.47 Å². The maximum atomic E-state index is 12.6. The second-order valence-corrected chi connectivity index (χ2v) is 6.08. The van der Waals surface area contributed by atoms with Gasteiger partial charge in [0.1, 0.15) is 22.7 Å². The van der Waals surface area contributed by atoms with E-state index in [1.165, 1.54) is 7.11 Å². The molecule has 0 aliphatic heterocycles. The van der Waals surface area contributed by atoms with E-state index in [2.05, 4.69) is 20.3 Å². The molecule has 0 unspecified atom stereocenters. The van der Waals surface area contributed by atoms with Crippen molar-refractivity contribution < 1.29 is 9.47 Å². The van der Waals surface area contributed by atoms with Crippen molar-refractivity contribution in [3.63, 3.8) is 0 Å². The summed E-state index contributed by atoms with van der Waals surface area (Å²) < 4.78 is 10.6. The van der Waals surface area contributed by atoms with Gasteiger partial charge in [0, 0.05) is 41.5 Å². The van der Waals surface area contributed by atoms with E-state index < -0.39 is 0 Å².